The van der Waals surface area contributed by atoms with E-state index in [4.69, 9.17) is 5.73 Å². The first-order chi connectivity index (χ1) is 11.1. The van der Waals surface area contributed by atoms with E-state index >= 15 is 0 Å². The van der Waals surface area contributed by atoms with E-state index in [9.17, 15) is 4.79 Å². The van der Waals surface area contributed by atoms with Crippen LogP contribution in [0.15, 0.2) is 18.2 Å². The summed E-state index contributed by atoms with van der Waals surface area (Å²) in [6.45, 7) is 4.73. The van der Waals surface area contributed by atoms with Crippen molar-refractivity contribution in [3.8, 4) is 0 Å². The minimum atomic E-state index is 0.0122. The van der Waals surface area contributed by atoms with Gasteiger partial charge in [0, 0.05) is 44.1 Å². The number of amides is 1. The summed E-state index contributed by atoms with van der Waals surface area (Å²) in [5.74, 6) is 0.658. The lowest BCUT2D eigenvalue weighted by Gasteiger charge is -2.35. The SMILES string of the molecule is CN1CCN(c2ccc(N)cc2C(=O)NCC2CCCC2)CC1. The molecule has 2 fully saturated rings. The molecule has 0 atom stereocenters. The molecule has 5 nitrogen and oxygen atoms in total. The number of piperazine rings is 1. The Bertz CT molecular complexity index is 546. The summed E-state index contributed by atoms with van der Waals surface area (Å²) in [4.78, 5) is 17.3. The minimum absolute atomic E-state index is 0.0122. The van der Waals surface area contributed by atoms with Crippen molar-refractivity contribution >= 4 is 17.3 Å². The van der Waals surface area contributed by atoms with E-state index in [2.05, 4.69) is 22.2 Å². The quantitative estimate of drug-likeness (QED) is 0.834. The molecule has 5 heteroatoms. The fourth-order valence-corrected chi connectivity index (χ4v) is 3.61. The first-order valence-corrected chi connectivity index (χ1v) is 8.74. The van der Waals surface area contributed by atoms with Crippen LogP contribution in [0.4, 0.5) is 11.4 Å². The zero-order chi connectivity index (χ0) is 16.2. The van der Waals surface area contributed by atoms with Gasteiger partial charge >= 0.3 is 0 Å². The van der Waals surface area contributed by atoms with Crippen molar-refractivity contribution in [2.24, 2.45) is 5.92 Å². The number of nitrogens with zero attached hydrogens (tertiary/aromatic N) is 2. The number of carbonyl (C=O) groups is 1. The average molecular weight is 316 g/mol. The number of anilines is 2. The Balaban J connectivity index is 1.71. The highest BCUT2D eigenvalue weighted by atomic mass is 16.1. The fraction of sp³-hybridized carbons (Fsp3) is 0.611. The molecular formula is C18H28N4O. The molecule has 1 saturated heterocycles. The highest BCUT2D eigenvalue weighted by molar-refractivity contribution is 6.00. The van der Waals surface area contributed by atoms with Crippen molar-refractivity contribution in [1.29, 1.82) is 0 Å². The Morgan fingerprint density at radius 2 is 1.91 bits per heavy atom. The molecular weight excluding hydrogens is 288 g/mol. The van der Waals surface area contributed by atoms with Crippen molar-refractivity contribution in [3.05, 3.63) is 23.8 Å². The van der Waals surface area contributed by atoms with Gasteiger partial charge in [0.1, 0.15) is 0 Å². The predicted octanol–water partition coefficient (Wildman–Crippen LogP) is 1.94. The second kappa shape index (κ2) is 7.21. The summed E-state index contributed by atoms with van der Waals surface area (Å²) in [6, 6.07) is 5.70. The Hall–Kier alpha value is -1.75. The second-order valence-corrected chi connectivity index (χ2v) is 6.93. The summed E-state index contributed by atoms with van der Waals surface area (Å²) in [5.41, 5.74) is 8.30. The molecule has 1 saturated carbocycles. The molecule has 0 unspecified atom stereocenters. The summed E-state index contributed by atoms with van der Waals surface area (Å²) in [7, 11) is 2.13. The Morgan fingerprint density at radius 1 is 1.22 bits per heavy atom. The number of nitrogens with two attached hydrogens (primary N) is 1. The minimum Gasteiger partial charge on any atom is -0.399 e. The molecule has 3 N–H and O–H groups in total. The number of nitrogen functional groups attached to an aromatic ring is 1. The van der Waals surface area contributed by atoms with Crippen molar-refractivity contribution < 1.29 is 4.79 Å². The summed E-state index contributed by atoms with van der Waals surface area (Å²) < 4.78 is 0. The monoisotopic (exact) mass is 316 g/mol. The van der Waals surface area contributed by atoms with Crippen LogP contribution in [0.3, 0.4) is 0 Å². The molecule has 1 aliphatic heterocycles. The maximum absolute atomic E-state index is 12.7. The van der Waals surface area contributed by atoms with Crippen LogP contribution in [-0.2, 0) is 0 Å². The van der Waals surface area contributed by atoms with Gasteiger partial charge in [-0.15, -0.1) is 0 Å². The summed E-state index contributed by atoms with van der Waals surface area (Å²) in [5, 5.41) is 3.12. The van der Waals surface area contributed by atoms with Crippen LogP contribution in [-0.4, -0.2) is 50.6 Å². The molecule has 1 aromatic carbocycles. The van der Waals surface area contributed by atoms with Crippen LogP contribution in [0.5, 0.6) is 0 Å². The van der Waals surface area contributed by atoms with Gasteiger partial charge in [-0.2, -0.15) is 0 Å². The molecule has 0 radical (unpaired) electrons. The van der Waals surface area contributed by atoms with Gasteiger partial charge in [-0.25, -0.2) is 0 Å². The van der Waals surface area contributed by atoms with Crippen LogP contribution in [0.2, 0.25) is 0 Å². The van der Waals surface area contributed by atoms with E-state index in [1.807, 2.05) is 18.2 Å². The van der Waals surface area contributed by atoms with E-state index < -0.39 is 0 Å². The van der Waals surface area contributed by atoms with Gasteiger partial charge in [-0.05, 0) is 44.0 Å². The molecule has 0 bridgehead atoms. The summed E-state index contributed by atoms with van der Waals surface area (Å²) >= 11 is 0. The van der Waals surface area contributed by atoms with Crippen molar-refractivity contribution in [1.82, 2.24) is 10.2 Å². The van der Waals surface area contributed by atoms with Gasteiger partial charge in [0.15, 0.2) is 0 Å². The second-order valence-electron chi connectivity index (χ2n) is 6.93. The Labute approximate surface area is 138 Å². The van der Waals surface area contributed by atoms with Crippen molar-refractivity contribution in [3.63, 3.8) is 0 Å². The Kier molecular flexibility index (Phi) is 5.06. The van der Waals surface area contributed by atoms with Crippen LogP contribution < -0.4 is 16.0 Å². The summed E-state index contributed by atoms with van der Waals surface area (Å²) in [6.07, 6.45) is 5.07. The molecule has 1 aliphatic carbocycles. The molecule has 1 heterocycles. The Morgan fingerprint density at radius 3 is 2.61 bits per heavy atom. The van der Waals surface area contributed by atoms with Gasteiger partial charge in [-0.3, -0.25) is 4.79 Å². The van der Waals surface area contributed by atoms with Crippen LogP contribution in [0.25, 0.3) is 0 Å². The molecule has 23 heavy (non-hydrogen) atoms. The number of hydrogen-bond donors (Lipinski definition) is 2. The molecule has 1 amide bonds. The number of benzene rings is 1. The maximum Gasteiger partial charge on any atom is 0.253 e. The van der Waals surface area contributed by atoms with Crippen LogP contribution in [0.1, 0.15) is 36.0 Å². The molecule has 1 aromatic rings. The first kappa shape index (κ1) is 16.1. The van der Waals surface area contributed by atoms with E-state index in [1.165, 1.54) is 25.7 Å². The molecule has 126 valence electrons. The number of rotatable bonds is 4. The van der Waals surface area contributed by atoms with E-state index in [-0.39, 0.29) is 5.91 Å². The smallest absolute Gasteiger partial charge is 0.253 e. The van der Waals surface area contributed by atoms with Gasteiger partial charge in [0.25, 0.3) is 5.91 Å². The van der Waals surface area contributed by atoms with E-state index in [0.29, 0.717) is 17.2 Å². The predicted molar refractivity (Wildman–Crippen MR) is 94.9 cm³/mol. The van der Waals surface area contributed by atoms with E-state index in [1.54, 1.807) is 0 Å². The number of hydrogen-bond acceptors (Lipinski definition) is 4. The van der Waals surface area contributed by atoms with Crippen molar-refractivity contribution in [2.45, 2.75) is 25.7 Å². The third kappa shape index (κ3) is 3.96. The zero-order valence-corrected chi connectivity index (χ0v) is 14.1. The first-order valence-electron chi connectivity index (χ1n) is 8.74. The molecule has 0 aromatic heterocycles. The van der Waals surface area contributed by atoms with Crippen LogP contribution in [0, 0.1) is 5.92 Å². The van der Waals surface area contributed by atoms with Crippen LogP contribution >= 0.6 is 0 Å². The van der Waals surface area contributed by atoms with Gasteiger partial charge in [-0.1, -0.05) is 12.8 Å². The van der Waals surface area contributed by atoms with E-state index in [0.717, 1.165) is 38.4 Å². The number of likely N-dealkylation sites (N-methyl/N-ethyl adjacent to an activating group) is 1. The number of carbonyl (C=O) groups excluding carboxylic acids is 1. The zero-order valence-electron chi connectivity index (χ0n) is 14.1. The molecule has 3 rings (SSSR count). The van der Waals surface area contributed by atoms with Gasteiger partial charge < -0.3 is 20.9 Å². The highest BCUT2D eigenvalue weighted by Crippen LogP contribution is 2.26. The third-order valence-electron chi connectivity index (χ3n) is 5.14. The van der Waals surface area contributed by atoms with Gasteiger partial charge in [0.2, 0.25) is 0 Å². The highest BCUT2D eigenvalue weighted by Gasteiger charge is 2.21. The maximum atomic E-state index is 12.7. The number of nitrogens with one attached hydrogen (secondary N) is 1. The lowest BCUT2D eigenvalue weighted by atomic mass is 10.1. The molecule has 2 aliphatic rings. The largest absolute Gasteiger partial charge is 0.399 e. The third-order valence-corrected chi connectivity index (χ3v) is 5.14. The molecule has 0 spiro atoms. The normalized spacial score (nSPS) is 20.0. The van der Waals surface area contributed by atoms with Gasteiger partial charge in [0.05, 0.1) is 5.56 Å². The lowest BCUT2D eigenvalue weighted by molar-refractivity contribution is 0.0948. The standard InChI is InChI=1S/C18H28N4O/c1-21-8-10-22(11-9-21)17-7-6-15(19)12-16(17)18(23)20-13-14-4-2-3-5-14/h6-7,12,14H,2-5,8-11,13,19H2,1H3,(H,20,23). The lowest BCUT2D eigenvalue weighted by Crippen LogP contribution is -2.45. The average Bonchev–Trinajstić information content (AvgIpc) is 3.07. The fourth-order valence-electron chi connectivity index (χ4n) is 3.61. The topological polar surface area (TPSA) is 61.6 Å². The van der Waals surface area contributed by atoms with Crippen molar-refractivity contribution in [2.75, 3.05) is 50.4 Å².